The Morgan fingerprint density at radius 2 is 1.42 bits per heavy atom. The molecule has 0 unspecified atom stereocenters. The fourth-order valence-electron chi connectivity index (χ4n) is 2.28. The summed E-state index contributed by atoms with van der Waals surface area (Å²) < 4.78 is 0. The minimum absolute atomic E-state index is 1.01. The summed E-state index contributed by atoms with van der Waals surface area (Å²) in [6, 6.07) is 8.76. The topological polar surface area (TPSA) is 18.5 Å². The summed E-state index contributed by atoms with van der Waals surface area (Å²) in [6.45, 7) is 15.3. The summed E-state index contributed by atoms with van der Waals surface area (Å²) in [5, 5.41) is 3.49. The van der Waals surface area contributed by atoms with E-state index in [1.807, 2.05) is 0 Å². The minimum Gasteiger partial charge on any atom is -0.384 e. The van der Waals surface area contributed by atoms with Crippen LogP contribution in [0.2, 0.25) is 0 Å². The maximum absolute atomic E-state index is 3.49. The number of benzene rings is 1. The first-order valence-corrected chi connectivity index (χ1v) is 7.56. The van der Waals surface area contributed by atoms with Crippen LogP contribution >= 0.6 is 0 Å². The van der Waals surface area contributed by atoms with Gasteiger partial charge < -0.3 is 15.1 Å². The van der Waals surface area contributed by atoms with Crippen molar-refractivity contribution < 1.29 is 0 Å². The number of hydrogen-bond donors (Lipinski definition) is 1. The molecular weight excluding hydrogens is 234 g/mol. The van der Waals surface area contributed by atoms with E-state index in [-0.39, 0.29) is 0 Å². The third kappa shape index (κ3) is 5.11. The van der Waals surface area contributed by atoms with E-state index >= 15 is 0 Å². The molecule has 0 heterocycles. The number of nitrogens with one attached hydrogen (secondary N) is 1. The summed E-state index contributed by atoms with van der Waals surface area (Å²) >= 11 is 0. The normalized spacial score (nSPS) is 10.8. The van der Waals surface area contributed by atoms with Crippen LogP contribution in [0.25, 0.3) is 0 Å². The van der Waals surface area contributed by atoms with Gasteiger partial charge in [-0.25, -0.2) is 0 Å². The molecule has 108 valence electrons. The lowest BCUT2D eigenvalue weighted by molar-refractivity contribution is 0.316. The summed E-state index contributed by atoms with van der Waals surface area (Å²) in [5.74, 6) is 0. The molecule has 3 heteroatoms. The molecule has 0 aromatic heterocycles. The molecule has 1 N–H and O–H groups in total. The van der Waals surface area contributed by atoms with Crippen molar-refractivity contribution in [3.05, 3.63) is 24.3 Å². The largest absolute Gasteiger partial charge is 0.384 e. The molecule has 0 saturated carbocycles. The van der Waals surface area contributed by atoms with Gasteiger partial charge in [0.25, 0.3) is 0 Å². The lowest BCUT2D eigenvalue weighted by atomic mass is 10.2. The monoisotopic (exact) mass is 263 g/mol. The molecular formula is C16H29N3. The Balaban J connectivity index is 2.44. The van der Waals surface area contributed by atoms with Crippen molar-refractivity contribution in [1.82, 2.24) is 4.90 Å². The highest BCUT2D eigenvalue weighted by molar-refractivity contribution is 5.55. The van der Waals surface area contributed by atoms with Crippen LogP contribution in [-0.2, 0) is 0 Å². The van der Waals surface area contributed by atoms with Gasteiger partial charge in [-0.2, -0.15) is 0 Å². The first kappa shape index (κ1) is 15.8. The predicted octanol–water partition coefficient (Wildman–Crippen LogP) is 3.29. The van der Waals surface area contributed by atoms with E-state index in [1.54, 1.807) is 0 Å². The smallest absolute Gasteiger partial charge is 0.0367 e. The molecule has 0 saturated heterocycles. The zero-order chi connectivity index (χ0) is 14.1. The van der Waals surface area contributed by atoms with E-state index in [9.17, 15) is 0 Å². The van der Waals surface area contributed by atoms with Gasteiger partial charge in [0, 0.05) is 37.6 Å². The van der Waals surface area contributed by atoms with E-state index in [4.69, 9.17) is 0 Å². The molecule has 3 nitrogen and oxygen atoms in total. The number of likely N-dealkylation sites (N-methyl/N-ethyl adjacent to an activating group) is 1. The van der Waals surface area contributed by atoms with E-state index in [2.05, 4.69) is 67.1 Å². The van der Waals surface area contributed by atoms with Gasteiger partial charge in [-0.05, 0) is 51.2 Å². The van der Waals surface area contributed by atoms with E-state index in [0.29, 0.717) is 0 Å². The van der Waals surface area contributed by atoms with Crippen LogP contribution in [-0.4, -0.2) is 44.2 Å². The number of hydrogen-bond acceptors (Lipinski definition) is 3. The van der Waals surface area contributed by atoms with E-state index in [1.165, 1.54) is 11.4 Å². The highest BCUT2D eigenvalue weighted by Gasteiger charge is 2.01. The van der Waals surface area contributed by atoms with Crippen LogP contribution < -0.4 is 10.2 Å². The molecule has 0 aliphatic rings. The first-order valence-electron chi connectivity index (χ1n) is 7.56. The van der Waals surface area contributed by atoms with Gasteiger partial charge in [0.2, 0.25) is 0 Å². The fourth-order valence-corrected chi connectivity index (χ4v) is 2.28. The standard InChI is InChI=1S/C16H29N3/c1-5-18(6-2)14-13-17-15-9-11-16(12-10-15)19(7-3)8-4/h9-12,17H,5-8,13-14H2,1-4H3. The Kier molecular flexibility index (Phi) is 7.34. The first-order chi connectivity index (χ1) is 9.24. The summed E-state index contributed by atoms with van der Waals surface area (Å²) in [4.78, 5) is 4.79. The number of anilines is 2. The Hall–Kier alpha value is -1.22. The maximum atomic E-state index is 3.49. The van der Waals surface area contributed by atoms with Crippen molar-refractivity contribution in [3.63, 3.8) is 0 Å². The molecule has 0 spiro atoms. The zero-order valence-electron chi connectivity index (χ0n) is 12.9. The molecule has 1 aromatic rings. The summed E-state index contributed by atoms with van der Waals surface area (Å²) in [5.41, 5.74) is 2.52. The predicted molar refractivity (Wildman–Crippen MR) is 86.3 cm³/mol. The summed E-state index contributed by atoms with van der Waals surface area (Å²) in [6.07, 6.45) is 0. The van der Waals surface area contributed by atoms with Crippen LogP contribution in [0.1, 0.15) is 27.7 Å². The highest BCUT2D eigenvalue weighted by atomic mass is 15.1. The lowest BCUT2D eigenvalue weighted by Gasteiger charge is -2.21. The third-order valence-electron chi connectivity index (χ3n) is 3.65. The molecule has 0 fully saturated rings. The van der Waals surface area contributed by atoms with Gasteiger partial charge in [0.1, 0.15) is 0 Å². The molecule has 0 radical (unpaired) electrons. The Labute approximate surface area is 118 Å². The van der Waals surface area contributed by atoms with Crippen molar-refractivity contribution in [2.24, 2.45) is 0 Å². The SMILES string of the molecule is CCN(CC)CCNc1ccc(N(CC)CC)cc1. The Bertz CT molecular complexity index is 326. The molecule has 0 aliphatic carbocycles. The third-order valence-corrected chi connectivity index (χ3v) is 3.65. The van der Waals surface area contributed by atoms with Crippen molar-refractivity contribution in [2.75, 3.05) is 49.5 Å². The molecule has 19 heavy (non-hydrogen) atoms. The summed E-state index contributed by atoms with van der Waals surface area (Å²) in [7, 11) is 0. The second-order valence-electron chi connectivity index (χ2n) is 4.67. The Morgan fingerprint density at radius 3 is 1.89 bits per heavy atom. The van der Waals surface area contributed by atoms with E-state index in [0.717, 1.165) is 39.3 Å². The van der Waals surface area contributed by atoms with Gasteiger partial charge in [0.05, 0.1) is 0 Å². The second-order valence-corrected chi connectivity index (χ2v) is 4.67. The van der Waals surface area contributed by atoms with Crippen LogP contribution in [0, 0.1) is 0 Å². The van der Waals surface area contributed by atoms with Crippen molar-refractivity contribution >= 4 is 11.4 Å². The quantitative estimate of drug-likeness (QED) is 0.737. The molecule has 0 atom stereocenters. The van der Waals surface area contributed by atoms with Gasteiger partial charge in [-0.1, -0.05) is 13.8 Å². The zero-order valence-corrected chi connectivity index (χ0v) is 12.9. The van der Waals surface area contributed by atoms with Crippen molar-refractivity contribution in [3.8, 4) is 0 Å². The number of rotatable bonds is 9. The van der Waals surface area contributed by atoms with Crippen molar-refractivity contribution in [2.45, 2.75) is 27.7 Å². The van der Waals surface area contributed by atoms with Crippen LogP contribution in [0.15, 0.2) is 24.3 Å². The maximum Gasteiger partial charge on any atom is 0.0367 e. The van der Waals surface area contributed by atoms with E-state index < -0.39 is 0 Å². The minimum atomic E-state index is 1.01. The van der Waals surface area contributed by atoms with Gasteiger partial charge >= 0.3 is 0 Å². The van der Waals surface area contributed by atoms with Crippen LogP contribution in [0.5, 0.6) is 0 Å². The molecule has 0 amide bonds. The molecule has 1 aromatic carbocycles. The van der Waals surface area contributed by atoms with Crippen LogP contribution in [0.3, 0.4) is 0 Å². The van der Waals surface area contributed by atoms with Crippen LogP contribution in [0.4, 0.5) is 11.4 Å². The molecule has 0 bridgehead atoms. The van der Waals surface area contributed by atoms with Gasteiger partial charge in [-0.3, -0.25) is 0 Å². The molecule has 0 aliphatic heterocycles. The molecule has 1 rings (SSSR count). The van der Waals surface area contributed by atoms with Gasteiger partial charge in [0.15, 0.2) is 0 Å². The average molecular weight is 263 g/mol. The van der Waals surface area contributed by atoms with Gasteiger partial charge in [-0.15, -0.1) is 0 Å². The van der Waals surface area contributed by atoms with Crippen molar-refractivity contribution in [1.29, 1.82) is 0 Å². The lowest BCUT2D eigenvalue weighted by Crippen LogP contribution is -2.28. The average Bonchev–Trinajstić information content (AvgIpc) is 2.46. The Morgan fingerprint density at radius 1 is 0.842 bits per heavy atom. The second kappa shape index (κ2) is 8.81. The highest BCUT2D eigenvalue weighted by Crippen LogP contribution is 2.17. The number of nitrogens with zero attached hydrogens (tertiary/aromatic N) is 2. The fraction of sp³-hybridized carbons (Fsp3) is 0.625.